The van der Waals surface area contributed by atoms with Gasteiger partial charge in [-0.2, -0.15) is 0 Å². The van der Waals surface area contributed by atoms with Crippen LogP contribution in [0.15, 0.2) is 24.3 Å². The van der Waals surface area contributed by atoms with Crippen LogP contribution < -0.4 is 5.32 Å². The third kappa shape index (κ3) is 4.27. The van der Waals surface area contributed by atoms with E-state index in [2.05, 4.69) is 25.2 Å². The van der Waals surface area contributed by atoms with Crippen molar-refractivity contribution in [2.45, 2.75) is 52.0 Å². The van der Waals surface area contributed by atoms with E-state index < -0.39 is 0 Å². The fourth-order valence-corrected chi connectivity index (χ4v) is 4.10. The molecule has 1 N–H and O–H groups in total. The molecule has 1 heterocycles. The fourth-order valence-electron chi connectivity index (χ4n) is 2.89. The van der Waals surface area contributed by atoms with Gasteiger partial charge in [-0.05, 0) is 43.0 Å². The van der Waals surface area contributed by atoms with Gasteiger partial charge in [-0.3, -0.25) is 0 Å². The van der Waals surface area contributed by atoms with Gasteiger partial charge >= 0.3 is 0 Å². The van der Waals surface area contributed by atoms with E-state index in [1.54, 1.807) is 23.5 Å². The molecule has 2 atom stereocenters. The Balaban J connectivity index is 2.14. The Labute approximate surface area is 131 Å². The molecule has 1 nitrogen and oxygen atoms in total. The molecule has 0 radical (unpaired) electrons. The molecule has 0 saturated heterocycles. The van der Waals surface area contributed by atoms with Crippen molar-refractivity contribution in [3.05, 3.63) is 35.0 Å². The van der Waals surface area contributed by atoms with E-state index in [4.69, 9.17) is 0 Å². The maximum absolute atomic E-state index is 13.3. The number of thiophene rings is 1. The Morgan fingerprint density at radius 3 is 2.71 bits per heavy atom. The summed E-state index contributed by atoms with van der Waals surface area (Å²) in [6, 6.07) is 7.67. The first-order valence-corrected chi connectivity index (χ1v) is 8.85. The largest absolute Gasteiger partial charge is 0.312 e. The monoisotopic (exact) mass is 307 g/mol. The molecule has 1 aromatic carbocycles. The smallest absolute Gasteiger partial charge is 0.124 e. The maximum atomic E-state index is 13.3. The summed E-state index contributed by atoms with van der Waals surface area (Å²) < 4.78 is 14.4. The summed E-state index contributed by atoms with van der Waals surface area (Å²) in [6.07, 6.45) is 6.29. The number of hydrogen-bond donors (Lipinski definition) is 1. The molecule has 0 saturated carbocycles. The zero-order chi connectivity index (χ0) is 15.2. The van der Waals surface area contributed by atoms with Crippen LogP contribution in [0.5, 0.6) is 0 Å². The number of nitrogens with one attached hydrogen (secondary N) is 1. The molecule has 2 unspecified atom stereocenters. The molecule has 1 aromatic heterocycles. The van der Waals surface area contributed by atoms with Crippen molar-refractivity contribution in [1.82, 2.24) is 5.32 Å². The summed E-state index contributed by atoms with van der Waals surface area (Å²) in [4.78, 5) is 1.33. The van der Waals surface area contributed by atoms with E-state index >= 15 is 0 Å². The van der Waals surface area contributed by atoms with Crippen LogP contribution in [0.1, 0.15) is 56.9 Å². The number of hydrogen-bond acceptors (Lipinski definition) is 2. The Morgan fingerprint density at radius 1 is 1.24 bits per heavy atom. The summed E-state index contributed by atoms with van der Waals surface area (Å²) in [6.45, 7) is 4.54. The highest BCUT2D eigenvalue weighted by Gasteiger charge is 2.17. The van der Waals surface area contributed by atoms with Gasteiger partial charge in [0.15, 0.2) is 0 Å². The Hall–Kier alpha value is -0.930. The topological polar surface area (TPSA) is 12.0 Å². The number of rotatable bonds is 8. The van der Waals surface area contributed by atoms with Crippen LogP contribution in [0.25, 0.3) is 10.1 Å². The van der Waals surface area contributed by atoms with E-state index in [-0.39, 0.29) is 5.82 Å². The fraction of sp³-hybridized carbons (Fsp3) is 0.556. The normalized spacial score (nSPS) is 14.5. The second-order valence-electron chi connectivity index (χ2n) is 5.82. The lowest BCUT2D eigenvalue weighted by molar-refractivity contribution is 0.367. The second kappa shape index (κ2) is 7.90. The molecule has 0 amide bonds. The van der Waals surface area contributed by atoms with Gasteiger partial charge in [0.2, 0.25) is 0 Å². The summed E-state index contributed by atoms with van der Waals surface area (Å²) in [7, 11) is 2.03. The van der Waals surface area contributed by atoms with Crippen molar-refractivity contribution in [3.8, 4) is 0 Å². The van der Waals surface area contributed by atoms with Gasteiger partial charge in [0.1, 0.15) is 5.82 Å². The minimum absolute atomic E-state index is 0.147. The van der Waals surface area contributed by atoms with E-state index in [0.717, 1.165) is 16.0 Å². The molecule has 2 rings (SSSR count). The summed E-state index contributed by atoms with van der Waals surface area (Å²) >= 11 is 1.72. The van der Waals surface area contributed by atoms with Crippen LogP contribution in [-0.2, 0) is 0 Å². The molecular weight excluding hydrogens is 281 g/mol. The average molecular weight is 307 g/mol. The third-order valence-corrected chi connectivity index (χ3v) is 5.52. The molecule has 0 spiro atoms. The highest BCUT2D eigenvalue weighted by Crippen LogP contribution is 2.34. The molecule has 3 heteroatoms. The lowest BCUT2D eigenvalue weighted by Crippen LogP contribution is -2.18. The quantitative estimate of drug-likeness (QED) is 0.639. The Kier molecular flexibility index (Phi) is 6.19. The van der Waals surface area contributed by atoms with Crippen molar-refractivity contribution in [2.24, 2.45) is 5.92 Å². The number of fused-ring (bicyclic) bond motifs is 1. The molecule has 116 valence electrons. The molecule has 0 aliphatic heterocycles. The van der Waals surface area contributed by atoms with Crippen molar-refractivity contribution in [2.75, 3.05) is 7.05 Å². The second-order valence-corrected chi connectivity index (χ2v) is 6.94. The van der Waals surface area contributed by atoms with Crippen LogP contribution >= 0.6 is 11.3 Å². The van der Waals surface area contributed by atoms with Gasteiger partial charge in [0, 0.05) is 15.6 Å². The summed E-state index contributed by atoms with van der Waals surface area (Å²) in [5, 5.41) is 4.60. The third-order valence-electron chi connectivity index (χ3n) is 4.31. The van der Waals surface area contributed by atoms with Crippen molar-refractivity contribution in [3.63, 3.8) is 0 Å². The summed E-state index contributed by atoms with van der Waals surface area (Å²) in [5.74, 6) is 0.621. The van der Waals surface area contributed by atoms with Gasteiger partial charge in [0.25, 0.3) is 0 Å². The van der Waals surface area contributed by atoms with E-state index in [9.17, 15) is 4.39 Å². The van der Waals surface area contributed by atoms with E-state index in [0.29, 0.717) is 6.04 Å². The highest BCUT2D eigenvalue weighted by molar-refractivity contribution is 7.19. The van der Waals surface area contributed by atoms with Crippen LogP contribution in [0.4, 0.5) is 4.39 Å². The minimum Gasteiger partial charge on any atom is -0.312 e. The van der Waals surface area contributed by atoms with Gasteiger partial charge in [-0.15, -0.1) is 11.3 Å². The predicted octanol–water partition coefficient (Wildman–Crippen LogP) is 5.91. The average Bonchev–Trinajstić information content (AvgIpc) is 2.90. The van der Waals surface area contributed by atoms with Crippen LogP contribution in [0, 0.1) is 11.7 Å². The predicted molar refractivity (Wildman–Crippen MR) is 91.5 cm³/mol. The van der Waals surface area contributed by atoms with Crippen LogP contribution in [-0.4, -0.2) is 7.05 Å². The lowest BCUT2D eigenvalue weighted by Gasteiger charge is -2.21. The maximum Gasteiger partial charge on any atom is 0.124 e. The Bertz CT molecular complexity index is 563. The first-order valence-electron chi connectivity index (χ1n) is 8.04. The van der Waals surface area contributed by atoms with E-state index in [1.165, 1.54) is 37.0 Å². The molecular formula is C18H26FNS. The molecule has 0 aliphatic carbocycles. The van der Waals surface area contributed by atoms with Crippen molar-refractivity contribution in [1.29, 1.82) is 0 Å². The SMILES string of the molecule is CCCCC(CC)CC(NC)c1cc2ccc(F)cc2s1. The number of unbranched alkanes of at least 4 members (excludes halogenated alkanes) is 1. The standard InChI is InChI=1S/C18H26FNS/c1-4-6-7-13(5-2)10-16(20-3)18-11-14-8-9-15(19)12-17(14)21-18/h8-9,11-13,16,20H,4-7,10H2,1-3H3. The van der Waals surface area contributed by atoms with Crippen LogP contribution in [0.2, 0.25) is 0 Å². The summed E-state index contributed by atoms with van der Waals surface area (Å²) in [5.41, 5.74) is 0. The first kappa shape index (κ1) is 16.4. The molecule has 2 aromatic rings. The zero-order valence-corrected chi connectivity index (χ0v) is 14.1. The molecule has 0 bridgehead atoms. The van der Waals surface area contributed by atoms with Crippen molar-refractivity contribution >= 4 is 21.4 Å². The van der Waals surface area contributed by atoms with Gasteiger partial charge in [-0.25, -0.2) is 4.39 Å². The van der Waals surface area contributed by atoms with Gasteiger partial charge in [-0.1, -0.05) is 45.6 Å². The minimum atomic E-state index is -0.147. The lowest BCUT2D eigenvalue weighted by atomic mass is 9.91. The molecule has 21 heavy (non-hydrogen) atoms. The van der Waals surface area contributed by atoms with E-state index in [1.807, 2.05) is 13.1 Å². The number of halogens is 1. The van der Waals surface area contributed by atoms with Crippen molar-refractivity contribution < 1.29 is 4.39 Å². The zero-order valence-electron chi connectivity index (χ0n) is 13.3. The van der Waals surface area contributed by atoms with Gasteiger partial charge < -0.3 is 5.32 Å². The molecule has 0 aliphatic rings. The number of benzene rings is 1. The molecule has 0 fully saturated rings. The first-order chi connectivity index (χ1) is 10.2. The highest BCUT2D eigenvalue weighted by atomic mass is 32.1. The Morgan fingerprint density at radius 2 is 2.05 bits per heavy atom. The van der Waals surface area contributed by atoms with Gasteiger partial charge in [0.05, 0.1) is 0 Å². The van der Waals surface area contributed by atoms with Crippen LogP contribution in [0.3, 0.4) is 0 Å².